The van der Waals surface area contributed by atoms with Gasteiger partial charge in [0.25, 0.3) is 0 Å². The third-order valence-corrected chi connectivity index (χ3v) is 3.43. The maximum absolute atomic E-state index is 10.8. The van der Waals surface area contributed by atoms with Gasteiger partial charge in [-0.15, -0.1) is 0 Å². The number of carbonyl (C=O) groups is 1. The lowest BCUT2D eigenvalue weighted by Gasteiger charge is -2.38. The molecule has 0 aromatic carbocycles. The van der Waals surface area contributed by atoms with E-state index in [0.29, 0.717) is 30.5 Å². The zero-order chi connectivity index (χ0) is 14.0. The molecule has 0 aliphatic heterocycles. The molecule has 18 heavy (non-hydrogen) atoms. The Morgan fingerprint density at radius 2 is 1.89 bits per heavy atom. The normalized spacial score (nSPS) is 14.0. The Morgan fingerprint density at radius 1 is 1.28 bits per heavy atom. The number of nitrogens with zero attached hydrogens (tertiary/aromatic N) is 1. The van der Waals surface area contributed by atoms with Crippen molar-refractivity contribution >= 4 is 5.97 Å². The lowest BCUT2D eigenvalue weighted by molar-refractivity contribution is -0.922. The third-order valence-electron chi connectivity index (χ3n) is 3.43. The molecule has 0 aromatic heterocycles. The van der Waals surface area contributed by atoms with E-state index in [4.69, 9.17) is 0 Å². The first-order chi connectivity index (χ1) is 8.49. The van der Waals surface area contributed by atoms with Crippen molar-refractivity contribution in [2.75, 3.05) is 26.2 Å². The van der Waals surface area contributed by atoms with Gasteiger partial charge in [0.15, 0.2) is 0 Å². The lowest BCUT2D eigenvalue weighted by atomic mass is 10.1. The van der Waals surface area contributed by atoms with Crippen LogP contribution in [0.1, 0.15) is 40.0 Å². The molecule has 0 aliphatic carbocycles. The summed E-state index contributed by atoms with van der Waals surface area (Å²) in [7, 11) is 0. The van der Waals surface area contributed by atoms with Crippen LogP contribution in [0.25, 0.3) is 0 Å². The number of allylic oxidation sites excluding steroid dienone is 1. The maximum atomic E-state index is 10.8. The summed E-state index contributed by atoms with van der Waals surface area (Å²) < 4.78 is 0.380. The monoisotopic (exact) mass is 257 g/mol. The van der Waals surface area contributed by atoms with E-state index in [1.54, 1.807) is 0 Å². The molecule has 0 aliphatic rings. The van der Waals surface area contributed by atoms with Gasteiger partial charge < -0.3 is 19.5 Å². The number of unbranched alkanes of at least 4 members (excludes halogenated alkanes) is 1. The molecule has 1 N–H and O–H groups in total. The van der Waals surface area contributed by atoms with Crippen molar-refractivity contribution in [1.29, 1.82) is 0 Å². The second-order valence-electron chi connectivity index (χ2n) is 4.84. The van der Waals surface area contributed by atoms with Crippen molar-refractivity contribution in [3.63, 3.8) is 0 Å². The van der Waals surface area contributed by atoms with E-state index in [1.165, 1.54) is 0 Å². The summed E-state index contributed by atoms with van der Waals surface area (Å²) in [5, 5.41) is 20.8. The van der Waals surface area contributed by atoms with Crippen LogP contribution < -0.4 is 5.11 Å². The van der Waals surface area contributed by atoms with Crippen molar-refractivity contribution in [2.24, 2.45) is 0 Å². The van der Waals surface area contributed by atoms with E-state index in [0.717, 1.165) is 12.8 Å². The number of aliphatic carboxylic acids is 1. The summed E-state index contributed by atoms with van der Waals surface area (Å²) in [5.41, 5.74) is 0. The Labute approximate surface area is 111 Å². The summed E-state index contributed by atoms with van der Waals surface area (Å²) in [4.78, 5) is 10.8. The van der Waals surface area contributed by atoms with E-state index >= 15 is 0 Å². The molecule has 0 spiro atoms. The predicted octanol–water partition coefficient (Wildman–Crippen LogP) is 0.700. The number of aliphatic hydroxyl groups excluding tert-OH is 1. The molecule has 0 aromatic rings. The van der Waals surface area contributed by atoms with Crippen LogP contribution in [0.5, 0.6) is 0 Å². The summed E-state index contributed by atoms with van der Waals surface area (Å²) >= 11 is 0. The largest absolute Gasteiger partial charge is 0.544 e. The average Bonchev–Trinajstić information content (AvgIpc) is 2.33. The van der Waals surface area contributed by atoms with Gasteiger partial charge in [0, 0.05) is 0 Å². The molecule has 4 heteroatoms. The van der Waals surface area contributed by atoms with Crippen LogP contribution in [-0.2, 0) is 4.79 Å². The van der Waals surface area contributed by atoms with Crippen LogP contribution in [0, 0.1) is 0 Å². The SMILES string of the molecule is CCC/C=C/CC(O)C[N+](CC)(CC)CC(=O)[O-]. The highest BCUT2D eigenvalue weighted by atomic mass is 16.4. The number of rotatable bonds is 10. The van der Waals surface area contributed by atoms with Crippen LogP contribution in [0.4, 0.5) is 0 Å². The van der Waals surface area contributed by atoms with Crippen molar-refractivity contribution in [3.05, 3.63) is 12.2 Å². The molecule has 106 valence electrons. The van der Waals surface area contributed by atoms with Crippen LogP contribution >= 0.6 is 0 Å². The van der Waals surface area contributed by atoms with Gasteiger partial charge >= 0.3 is 0 Å². The van der Waals surface area contributed by atoms with E-state index in [1.807, 2.05) is 19.9 Å². The van der Waals surface area contributed by atoms with Gasteiger partial charge in [0.2, 0.25) is 0 Å². The summed E-state index contributed by atoms with van der Waals surface area (Å²) in [6.07, 6.45) is 6.26. The highest BCUT2D eigenvalue weighted by molar-refractivity contribution is 5.65. The number of aliphatic hydroxyl groups is 1. The number of carboxylic acid groups (broad SMARTS) is 1. The van der Waals surface area contributed by atoms with Gasteiger partial charge in [0.05, 0.1) is 19.1 Å². The van der Waals surface area contributed by atoms with Crippen molar-refractivity contribution in [3.8, 4) is 0 Å². The number of hydrogen-bond donors (Lipinski definition) is 1. The Kier molecular flexibility index (Phi) is 8.67. The zero-order valence-electron chi connectivity index (χ0n) is 11.9. The van der Waals surface area contributed by atoms with E-state index in [-0.39, 0.29) is 6.54 Å². The minimum absolute atomic E-state index is 0.0251. The van der Waals surface area contributed by atoms with E-state index < -0.39 is 12.1 Å². The lowest BCUT2D eigenvalue weighted by Crippen LogP contribution is -2.57. The van der Waals surface area contributed by atoms with Gasteiger partial charge in [-0.05, 0) is 26.7 Å². The topological polar surface area (TPSA) is 60.4 Å². The summed E-state index contributed by atoms with van der Waals surface area (Å²) in [6, 6.07) is 0. The molecule has 0 rings (SSSR count). The standard InChI is InChI=1S/C14H27NO3/c1-4-7-8-9-10-13(16)11-15(5-2,6-3)12-14(17)18/h8-9,13,16H,4-7,10-12H2,1-3H3/b9-8+. The van der Waals surface area contributed by atoms with Crippen molar-refractivity contribution in [1.82, 2.24) is 0 Å². The van der Waals surface area contributed by atoms with E-state index in [2.05, 4.69) is 13.0 Å². The fourth-order valence-electron chi connectivity index (χ4n) is 2.10. The quantitative estimate of drug-likeness (QED) is 0.463. The highest BCUT2D eigenvalue weighted by Crippen LogP contribution is 2.10. The number of carboxylic acids is 1. The Bertz CT molecular complexity index is 260. The number of quaternary nitrogens is 1. The van der Waals surface area contributed by atoms with E-state index in [9.17, 15) is 15.0 Å². The molecule has 0 saturated heterocycles. The van der Waals surface area contributed by atoms with Crippen molar-refractivity contribution < 1.29 is 19.5 Å². The van der Waals surface area contributed by atoms with Gasteiger partial charge in [-0.2, -0.15) is 0 Å². The molecule has 4 nitrogen and oxygen atoms in total. The highest BCUT2D eigenvalue weighted by Gasteiger charge is 2.26. The Balaban J connectivity index is 4.34. The minimum Gasteiger partial charge on any atom is -0.544 e. The average molecular weight is 257 g/mol. The first-order valence-electron chi connectivity index (χ1n) is 6.87. The second-order valence-corrected chi connectivity index (χ2v) is 4.84. The number of hydrogen-bond acceptors (Lipinski definition) is 3. The van der Waals surface area contributed by atoms with Crippen LogP contribution in [-0.4, -0.2) is 47.8 Å². The van der Waals surface area contributed by atoms with Crippen molar-refractivity contribution in [2.45, 2.75) is 46.1 Å². The molecule has 0 radical (unpaired) electrons. The first kappa shape index (κ1) is 17.1. The summed E-state index contributed by atoms with van der Waals surface area (Å²) in [6.45, 7) is 7.84. The molecule has 0 fully saturated rings. The van der Waals surface area contributed by atoms with Gasteiger partial charge in [0.1, 0.15) is 19.2 Å². The molecule has 0 amide bonds. The van der Waals surface area contributed by atoms with Crippen LogP contribution in [0.3, 0.4) is 0 Å². The number of likely N-dealkylation sites (N-methyl/N-ethyl adjacent to an activating group) is 1. The fraction of sp³-hybridized carbons (Fsp3) is 0.786. The van der Waals surface area contributed by atoms with Gasteiger partial charge in [-0.25, -0.2) is 0 Å². The second kappa shape index (κ2) is 9.11. The molecule has 0 bridgehead atoms. The minimum atomic E-state index is -1.05. The van der Waals surface area contributed by atoms with Gasteiger partial charge in [-0.1, -0.05) is 25.5 Å². The smallest absolute Gasteiger partial charge is 0.119 e. The molecule has 1 unspecified atom stereocenters. The summed E-state index contributed by atoms with van der Waals surface area (Å²) in [5.74, 6) is -1.05. The molecular weight excluding hydrogens is 230 g/mol. The van der Waals surface area contributed by atoms with Gasteiger partial charge in [-0.3, -0.25) is 0 Å². The first-order valence-corrected chi connectivity index (χ1v) is 6.87. The predicted molar refractivity (Wildman–Crippen MR) is 70.8 cm³/mol. The van der Waals surface area contributed by atoms with Crippen LogP contribution in [0.15, 0.2) is 12.2 Å². The Hall–Kier alpha value is -0.870. The maximum Gasteiger partial charge on any atom is 0.119 e. The molecule has 0 saturated carbocycles. The zero-order valence-corrected chi connectivity index (χ0v) is 11.9. The third kappa shape index (κ3) is 6.77. The molecular formula is C14H27NO3. The molecule has 1 atom stereocenters. The molecule has 0 heterocycles. The fourth-order valence-corrected chi connectivity index (χ4v) is 2.10. The van der Waals surface area contributed by atoms with Crippen LogP contribution in [0.2, 0.25) is 0 Å². The Morgan fingerprint density at radius 3 is 2.33 bits per heavy atom. The number of carbonyl (C=O) groups excluding carboxylic acids is 1.